The monoisotopic (exact) mass is 652 g/mol. The minimum Gasteiger partial charge on any atom is -0.461 e. The maximum atomic E-state index is 12.4. The molecule has 10 nitrogen and oxygen atoms in total. The molecule has 0 fully saturated rings. The summed E-state index contributed by atoms with van der Waals surface area (Å²) in [4.78, 5) is 34.5. The van der Waals surface area contributed by atoms with Crippen molar-refractivity contribution < 1.29 is 47.8 Å². The van der Waals surface area contributed by atoms with Crippen LogP contribution in [0.15, 0.2) is 85.1 Å². The number of allylic oxidation sites excluding steroid dienone is 13. The molecule has 0 radical (unpaired) electrons. The van der Waals surface area contributed by atoms with Crippen molar-refractivity contribution in [2.75, 3.05) is 26.4 Å². The first-order chi connectivity index (χ1) is 21.7. The van der Waals surface area contributed by atoms with E-state index in [0.717, 1.165) is 38.5 Å². The van der Waals surface area contributed by atoms with Crippen molar-refractivity contribution in [1.29, 1.82) is 0 Å². The van der Waals surface area contributed by atoms with Gasteiger partial charge in [-0.2, -0.15) is 0 Å². The van der Waals surface area contributed by atoms with Gasteiger partial charge in [0.05, 0.1) is 26.2 Å². The lowest BCUT2D eigenvalue weighted by Crippen LogP contribution is -2.29. The molecular weight excluding hydrogens is 599 g/mol. The number of carbonyl (C=O) groups excluding carboxylic acids is 2. The molecule has 0 aliphatic heterocycles. The molecule has 0 heterocycles. The molecule has 2 unspecified atom stereocenters. The lowest BCUT2D eigenvalue weighted by Gasteiger charge is -2.20. The van der Waals surface area contributed by atoms with Crippen LogP contribution >= 0.6 is 7.82 Å². The van der Waals surface area contributed by atoms with E-state index in [1.807, 2.05) is 54.7 Å². The van der Waals surface area contributed by atoms with E-state index in [2.05, 4.69) is 42.7 Å². The molecule has 45 heavy (non-hydrogen) atoms. The first-order valence-corrected chi connectivity index (χ1v) is 17.1. The fraction of sp³-hybridized carbons (Fsp3) is 0.529. The van der Waals surface area contributed by atoms with Crippen LogP contribution in [0.4, 0.5) is 0 Å². The first kappa shape index (κ1) is 42.1. The van der Waals surface area contributed by atoms with Gasteiger partial charge in [-0.05, 0) is 44.9 Å². The normalized spacial score (nSPS) is 15.4. The Bertz CT molecular complexity index is 1030. The quantitative estimate of drug-likeness (QED) is 0.0286. The number of phosphoric acid groups is 1. The molecule has 0 aromatic heterocycles. The molecule has 0 aliphatic carbocycles. The zero-order valence-corrected chi connectivity index (χ0v) is 27.7. The second-order valence-electron chi connectivity index (χ2n) is 9.82. The third-order valence-electron chi connectivity index (χ3n) is 5.67. The summed E-state index contributed by atoms with van der Waals surface area (Å²) in [5, 5.41) is 18.2. The number of aliphatic hydroxyl groups excluding tert-OH is 2. The van der Waals surface area contributed by atoms with E-state index in [-0.39, 0.29) is 19.4 Å². The third-order valence-corrected chi connectivity index (χ3v) is 6.62. The van der Waals surface area contributed by atoms with Crippen LogP contribution < -0.4 is 0 Å². The predicted molar refractivity (Wildman–Crippen MR) is 177 cm³/mol. The van der Waals surface area contributed by atoms with Gasteiger partial charge >= 0.3 is 19.8 Å². The second kappa shape index (κ2) is 29.8. The number of hydrogen-bond donors (Lipinski definition) is 3. The Morgan fingerprint density at radius 2 is 1.31 bits per heavy atom. The second-order valence-corrected chi connectivity index (χ2v) is 11.3. The Hall–Kier alpha value is -2.85. The molecule has 254 valence electrons. The lowest BCUT2D eigenvalue weighted by molar-refractivity contribution is -0.160. The van der Waals surface area contributed by atoms with Gasteiger partial charge in [-0.3, -0.25) is 18.6 Å². The van der Waals surface area contributed by atoms with Crippen molar-refractivity contribution in [3.63, 3.8) is 0 Å². The SMILES string of the molecule is CC/C=C/C=C/C=C/C=C/CCCCCC(=O)OC(COC(=O)C/C=C/C/C=C/C/C=C/CC)COP(=O)(O)OC[C@@H](O)CO. The van der Waals surface area contributed by atoms with Crippen LogP contribution in [0.3, 0.4) is 0 Å². The van der Waals surface area contributed by atoms with Gasteiger partial charge in [-0.25, -0.2) is 4.57 Å². The highest BCUT2D eigenvalue weighted by atomic mass is 31.2. The number of phosphoric ester groups is 1. The van der Waals surface area contributed by atoms with Gasteiger partial charge < -0.3 is 24.6 Å². The smallest absolute Gasteiger partial charge is 0.461 e. The van der Waals surface area contributed by atoms with Crippen LogP contribution in [-0.4, -0.2) is 65.7 Å². The van der Waals surface area contributed by atoms with Crippen molar-refractivity contribution in [3.05, 3.63) is 85.1 Å². The van der Waals surface area contributed by atoms with Gasteiger partial charge in [0.1, 0.15) is 12.7 Å². The van der Waals surface area contributed by atoms with Crippen LogP contribution in [0.25, 0.3) is 0 Å². The molecule has 0 bridgehead atoms. The van der Waals surface area contributed by atoms with E-state index in [1.54, 1.807) is 6.08 Å². The van der Waals surface area contributed by atoms with E-state index >= 15 is 0 Å². The summed E-state index contributed by atoms with van der Waals surface area (Å²) >= 11 is 0. The minimum absolute atomic E-state index is 0.00297. The Labute approximate surface area is 269 Å². The molecule has 0 aromatic carbocycles. The molecule has 0 spiro atoms. The fourth-order valence-electron chi connectivity index (χ4n) is 3.30. The number of ether oxygens (including phenoxy) is 2. The topological polar surface area (TPSA) is 149 Å². The average Bonchev–Trinajstić information content (AvgIpc) is 3.02. The van der Waals surface area contributed by atoms with Crippen LogP contribution in [0.5, 0.6) is 0 Å². The zero-order chi connectivity index (χ0) is 33.4. The van der Waals surface area contributed by atoms with Crippen molar-refractivity contribution >= 4 is 19.8 Å². The van der Waals surface area contributed by atoms with Gasteiger partial charge in [0.25, 0.3) is 0 Å². The maximum absolute atomic E-state index is 12.4. The molecule has 3 N–H and O–H groups in total. The van der Waals surface area contributed by atoms with Crippen molar-refractivity contribution in [2.45, 2.75) is 90.3 Å². The zero-order valence-electron chi connectivity index (χ0n) is 26.8. The van der Waals surface area contributed by atoms with Gasteiger partial charge in [-0.1, -0.05) is 105 Å². The highest BCUT2D eigenvalue weighted by molar-refractivity contribution is 7.47. The number of rotatable bonds is 27. The van der Waals surface area contributed by atoms with Crippen LogP contribution in [0.1, 0.15) is 78.1 Å². The summed E-state index contributed by atoms with van der Waals surface area (Å²) in [7, 11) is -4.64. The van der Waals surface area contributed by atoms with Gasteiger partial charge in [0.2, 0.25) is 0 Å². The van der Waals surface area contributed by atoms with E-state index in [4.69, 9.17) is 19.1 Å². The summed E-state index contributed by atoms with van der Waals surface area (Å²) in [5.74, 6) is -1.13. The lowest BCUT2D eigenvalue weighted by atomic mass is 10.1. The fourth-order valence-corrected chi connectivity index (χ4v) is 4.09. The molecule has 0 aromatic rings. The molecule has 0 saturated carbocycles. The highest BCUT2D eigenvalue weighted by Crippen LogP contribution is 2.43. The van der Waals surface area contributed by atoms with Crippen molar-refractivity contribution in [1.82, 2.24) is 0 Å². The van der Waals surface area contributed by atoms with E-state index in [1.165, 1.54) is 0 Å². The van der Waals surface area contributed by atoms with Gasteiger partial charge in [0, 0.05) is 6.42 Å². The Balaban J connectivity index is 4.68. The Kier molecular flexibility index (Phi) is 27.9. The first-order valence-electron chi connectivity index (χ1n) is 15.6. The van der Waals surface area contributed by atoms with E-state index < -0.39 is 51.8 Å². The number of esters is 2. The molecule has 0 rings (SSSR count). The number of carbonyl (C=O) groups is 2. The molecule has 0 amide bonds. The summed E-state index contributed by atoms with van der Waals surface area (Å²) in [6, 6.07) is 0. The average molecular weight is 653 g/mol. The number of hydrogen-bond acceptors (Lipinski definition) is 9. The molecule has 3 atom stereocenters. The molecule has 0 saturated heterocycles. The maximum Gasteiger partial charge on any atom is 0.472 e. The highest BCUT2D eigenvalue weighted by Gasteiger charge is 2.27. The predicted octanol–water partition coefficient (Wildman–Crippen LogP) is 6.76. The van der Waals surface area contributed by atoms with Crippen LogP contribution in [0.2, 0.25) is 0 Å². The summed E-state index contributed by atoms with van der Waals surface area (Å²) < 4.78 is 32.2. The molecule has 11 heteroatoms. The van der Waals surface area contributed by atoms with E-state index in [0.29, 0.717) is 12.8 Å². The summed E-state index contributed by atoms with van der Waals surface area (Å²) in [5.41, 5.74) is 0. The molecular formula is C34H53O10P. The van der Waals surface area contributed by atoms with E-state index in [9.17, 15) is 24.2 Å². The third kappa shape index (κ3) is 29.6. The Morgan fingerprint density at radius 3 is 1.98 bits per heavy atom. The Morgan fingerprint density at radius 1 is 0.711 bits per heavy atom. The van der Waals surface area contributed by atoms with Crippen LogP contribution in [0, 0.1) is 0 Å². The summed E-state index contributed by atoms with van der Waals surface area (Å²) in [6.45, 7) is 1.88. The van der Waals surface area contributed by atoms with Crippen LogP contribution in [-0.2, 0) is 32.7 Å². The number of unbranched alkanes of at least 4 members (excludes halogenated alkanes) is 3. The van der Waals surface area contributed by atoms with Crippen molar-refractivity contribution in [3.8, 4) is 0 Å². The largest absolute Gasteiger partial charge is 0.472 e. The molecule has 0 aliphatic rings. The van der Waals surface area contributed by atoms with Gasteiger partial charge in [0.15, 0.2) is 6.10 Å². The van der Waals surface area contributed by atoms with Crippen molar-refractivity contribution in [2.24, 2.45) is 0 Å². The van der Waals surface area contributed by atoms with Gasteiger partial charge in [-0.15, -0.1) is 0 Å². The number of aliphatic hydroxyl groups is 2. The standard InChI is InChI=1S/C34H53O10P/c1-3-5-7-9-11-13-14-15-16-18-20-22-24-26-34(38)44-32(30-43-45(39,40)42-28-31(36)27-35)29-41-33(37)25-23-21-19-17-12-10-8-6-4-2/h5-9,11-17,21,23,31-32,35-36H,3-4,10,18-20,22,24-30H2,1-2H3,(H,39,40)/b7-5+,8-6+,11-9+,14-13+,16-15+,17-12+,23-21+/t31-,32?/m0/s1. The minimum atomic E-state index is -4.64. The summed E-state index contributed by atoms with van der Waals surface area (Å²) in [6.07, 6.45) is 31.9.